The number of fused-ring (bicyclic) bond motifs is 2. The highest BCUT2D eigenvalue weighted by molar-refractivity contribution is 6.30. The summed E-state index contributed by atoms with van der Waals surface area (Å²) in [5, 5.41) is 6.77. The topological polar surface area (TPSA) is 323 Å². The van der Waals surface area contributed by atoms with Gasteiger partial charge < -0.3 is 70.3 Å². The number of rotatable bonds is 26. The number of hydrogen-bond donors (Lipinski definition) is 6. The zero-order valence-electron chi connectivity index (χ0n) is 44.0. The van der Waals surface area contributed by atoms with Crippen molar-refractivity contribution in [3.63, 3.8) is 0 Å². The van der Waals surface area contributed by atoms with Gasteiger partial charge in [0.1, 0.15) is 24.4 Å². The molecule has 0 fully saturated rings. The van der Waals surface area contributed by atoms with E-state index in [1.54, 1.807) is 48.5 Å². The van der Waals surface area contributed by atoms with Gasteiger partial charge in [0, 0.05) is 91.2 Å². The fraction of sp³-hybridized carbons (Fsp3) is 0.444. The Balaban J connectivity index is 1.53. The summed E-state index contributed by atoms with van der Waals surface area (Å²) in [6.45, 7) is 0.452. The summed E-state index contributed by atoms with van der Waals surface area (Å²) in [4.78, 5) is 80.3. The van der Waals surface area contributed by atoms with Crippen LogP contribution < -0.4 is 52.5 Å². The summed E-state index contributed by atoms with van der Waals surface area (Å²) >= 11 is 0. The number of ether oxygens (including phenoxy) is 10. The summed E-state index contributed by atoms with van der Waals surface area (Å²) in [5.41, 5.74) is 24.8. The van der Waals surface area contributed by atoms with E-state index in [1.165, 1.54) is 56.9 Å². The van der Waals surface area contributed by atoms with E-state index < -0.39 is 71.4 Å². The Bertz CT molecular complexity index is 2620. The van der Waals surface area contributed by atoms with Gasteiger partial charge >= 0.3 is 11.9 Å². The maximum Gasteiger partial charge on any atom is 0.419 e. The van der Waals surface area contributed by atoms with Crippen LogP contribution in [0.25, 0.3) is 0 Å². The first-order chi connectivity index (χ1) is 36.3. The van der Waals surface area contributed by atoms with Crippen molar-refractivity contribution in [1.29, 1.82) is 0 Å². The van der Waals surface area contributed by atoms with Gasteiger partial charge in [-0.05, 0) is 93.7 Å². The van der Waals surface area contributed by atoms with Gasteiger partial charge in [-0.1, -0.05) is 24.3 Å². The van der Waals surface area contributed by atoms with Crippen molar-refractivity contribution in [2.24, 2.45) is 22.9 Å². The van der Waals surface area contributed by atoms with Crippen molar-refractivity contribution in [1.82, 2.24) is 10.6 Å². The van der Waals surface area contributed by atoms with Crippen molar-refractivity contribution in [2.45, 2.75) is 87.2 Å². The number of nitrogens with one attached hydrogen (secondary N) is 2. The van der Waals surface area contributed by atoms with Crippen molar-refractivity contribution in [3.05, 3.63) is 116 Å². The minimum Gasteiger partial charge on any atom is -0.493 e. The Morgan fingerprint density at radius 3 is 1.03 bits per heavy atom. The highest BCUT2D eigenvalue weighted by atomic mass is 16.6. The van der Waals surface area contributed by atoms with Crippen molar-refractivity contribution in [3.8, 4) is 23.0 Å². The van der Waals surface area contributed by atoms with E-state index in [0.29, 0.717) is 91.5 Å². The Hall–Kier alpha value is -7.34. The minimum atomic E-state index is -1.82. The molecule has 76 heavy (non-hydrogen) atoms. The van der Waals surface area contributed by atoms with Crippen LogP contribution in [0.3, 0.4) is 0 Å². The molecule has 4 unspecified atom stereocenters. The van der Waals surface area contributed by atoms with Gasteiger partial charge in [-0.25, -0.2) is 9.59 Å². The average molecular weight is 1060 g/mol. The van der Waals surface area contributed by atoms with Gasteiger partial charge in [0.05, 0.1) is 28.4 Å². The van der Waals surface area contributed by atoms with E-state index in [2.05, 4.69) is 10.6 Å². The summed E-state index contributed by atoms with van der Waals surface area (Å²) in [6.07, 6.45) is -3.87. The molecule has 0 aliphatic carbocycles. The van der Waals surface area contributed by atoms with E-state index in [9.17, 15) is 19.2 Å². The van der Waals surface area contributed by atoms with Crippen LogP contribution in [0.2, 0.25) is 0 Å². The third kappa shape index (κ3) is 13.0. The number of methoxy groups -OCH3 is 8. The smallest absolute Gasteiger partial charge is 0.419 e. The first-order valence-electron chi connectivity index (χ1n) is 24.3. The molecule has 0 spiro atoms. The number of esters is 2. The zero-order chi connectivity index (χ0) is 55.5. The number of amides is 4. The number of carbonyl (C=O) groups excluding carboxylic acids is 6. The van der Waals surface area contributed by atoms with Crippen LogP contribution >= 0.6 is 0 Å². The molecule has 6 atom stereocenters. The van der Waals surface area contributed by atoms with Gasteiger partial charge in [-0.3, -0.25) is 29.8 Å². The third-order valence-corrected chi connectivity index (χ3v) is 13.9. The maximum atomic E-state index is 15.0. The molecule has 4 aromatic rings. The molecule has 22 nitrogen and oxygen atoms in total. The van der Waals surface area contributed by atoms with Gasteiger partial charge in [0.2, 0.25) is 23.6 Å². The van der Waals surface area contributed by atoms with Crippen LogP contribution in [0.5, 0.6) is 23.0 Å². The standard InChI is InChI=1S/C54H68N6O16/c1-67-39-11-9-29(17-41(39)69-3)27-53(37-21-35(25-45(73-7)49(57)63)33(19-31(37)13-15-59-53)23-43(71-5)47(55)61)75-51(65)52(66)76-54(28-30-10-12-40(68-2)42(18-30)70-4)38-22-36(26-46(74-8)50(58)64)34(20-32(38)14-16-60-54)24-44(72-6)48(56)62/h9-12,17-22,43-46,59-60H,13-16,23-28H2,1-8H3,(H2,55,61)(H2,56,62)(H2,57,63)(H2,58,64)/t43?,44?,45?,46?,53-,54-/m1/s1. The third-order valence-electron chi connectivity index (χ3n) is 13.9. The van der Waals surface area contributed by atoms with Crippen LogP contribution in [0.4, 0.5) is 0 Å². The molecule has 0 radical (unpaired) electrons. The molecular weight excluding hydrogens is 989 g/mol. The first kappa shape index (κ1) is 57.9. The lowest BCUT2D eigenvalue weighted by Gasteiger charge is -2.42. The first-order valence-corrected chi connectivity index (χ1v) is 24.3. The monoisotopic (exact) mass is 1060 g/mol. The van der Waals surface area contributed by atoms with Gasteiger partial charge in [-0.15, -0.1) is 0 Å². The second kappa shape index (κ2) is 25.5. The molecule has 2 heterocycles. The lowest BCUT2D eigenvalue weighted by molar-refractivity contribution is -0.193. The lowest BCUT2D eigenvalue weighted by atomic mass is 9.82. The fourth-order valence-electron chi connectivity index (χ4n) is 9.92. The van der Waals surface area contributed by atoms with Gasteiger partial charge in [-0.2, -0.15) is 0 Å². The van der Waals surface area contributed by atoms with E-state index in [0.717, 1.165) is 0 Å². The van der Waals surface area contributed by atoms with Gasteiger partial charge in [0.25, 0.3) is 0 Å². The number of primary amides is 4. The molecule has 0 saturated carbocycles. The van der Waals surface area contributed by atoms with E-state index >= 15 is 9.59 Å². The lowest BCUT2D eigenvalue weighted by Crippen LogP contribution is -2.55. The Labute approximate surface area is 440 Å². The molecular formula is C54H68N6O16. The molecule has 10 N–H and O–H groups in total. The molecule has 0 aromatic heterocycles. The molecule has 2 aliphatic rings. The Morgan fingerprint density at radius 1 is 0.447 bits per heavy atom. The van der Waals surface area contributed by atoms with Crippen molar-refractivity contribution >= 4 is 35.6 Å². The van der Waals surface area contributed by atoms with Gasteiger partial charge in [0.15, 0.2) is 34.4 Å². The van der Waals surface area contributed by atoms with E-state index in [1.807, 2.05) is 12.1 Å². The maximum absolute atomic E-state index is 15.0. The van der Waals surface area contributed by atoms with Crippen molar-refractivity contribution in [2.75, 3.05) is 70.0 Å². The minimum absolute atomic E-state index is 0.0124. The predicted octanol–water partition coefficient (Wildman–Crippen LogP) is 0.761. The number of carbonyl (C=O) groups is 6. The molecule has 22 heteroatoms. The molecule has 2 aliphatic heterocycles. The summed E-state index contributed by atoms with van der Waals surface area (Å²) < 4.78 is 57.2. The molecule has 410 valence electrons. The number of nitrogens with two attached hydrogens (primary N) is 4. The van der Waals surface area contributed by atoms with Crippen LogP contribution in [0, 0.1) is 0 Å². The molecule has 0 saturated heterocycles. The molecule has 4 aromatic carbocycles. The van der Waals surface area contributed by atoms with Crippen LogP contribution in [-0.2, 0) is 120 Å². The summed E-state index contributed by atoms with van der Waals surface area (Å²) in [6, 6.07) is 17.4. The fourth-order valence-corrected chi connectivity index (χ4v) is 9.92. The predicted molar refractivity (Wildman–Crippen MR) is 273 cm³/mol. The number of hydrogen-bond acceptors (Lipinski definition) is 18. The van der Waals surface area contributed by atoms with Crippen LogP contribution in [0.1, 0.15) is 55.6 Å². The zero-order valence-corrected chi connectivity index (χ0v) is 44.0. The Morgan fingerprint density at radius 2 is 0.750 bits per heavy atom. The highest BCUT2D eigenvalue weighted by Gasteiger charge is 2.47. The largest absolute Gasteiger partial charge is 0.493 e. The molecule has 0 bridgehead atoms. The second-order valence-electron chi connectivity index (χ2n) is 18.4. The molecule has 4 amide bonds. The summed E-state index contributed by atoms with van der Waals surface area (Å²) in [5.74, 6) is -4.15. The van der Waals surface area contributed by atoms with Crippen LogP contribution in [-0.4, -0.2) is 130 Å². The van der Waals surface area contributed by atoms with Crippen LogP contribution in [0.15, 0.2) is 60.7 Å². The summed E-state index contributed by atoms with van der Waals surface area (Å²) in [7, 11) is 11.3. The van der Waals surface area contributed by atoms with Crippen molar-refractivity contribution < 1.29 is 76.1 Å². The molecule has 6 rings (SSSR count). The van der Waals surface area contributed by atoms with E-state index in [-0.39, 0.29) is 51.6 Å². The second-order valence-corrected chi connectivity index (χ2v) is 18.4. The Kier molecular flexibility index (Phi) is 19.4. The normalized spacial score (nSPS) is 18.4. The average Bonchev–Trinajstić information content (AvgIpc) is 3.41. The van der Waals surface area contributed by atoms with E-state index in [4.69, 9.17) is 70.3 Å². The SMILES string of the molecule is COc1ccc(C[C@]2(OC(=O)C(=O)O[C@@]3(Cc4ccc(OC)c(OC)c4)NCCc4cc(CC(OC)C(N)=O)c(CC(OC)C(N)=O)cc43)NCCc3cc(CC(OC)C(N)=O)c(CC(OC)C(N)=O)cc32)cc1OC. The highest BCUT2D eigenvalue weighted by Crippen LogP contribution is 2.41. The number of benzene rings is 4. The quantitative estimate of drug-likeness (QED) is 0.0374.